The number of aliphatic imine (C=N–C) groups is 2. The Morgan fingerprint density at radius 1 is 0.463 bits per heavy atom. The highest BCUT2D eigenvalue weighted by Gasteiger charge is 2.56. The van der Waals surface area contributed by atoms with Crippen LogP contribution in [0.15, 0.2) is 9.98 Å². The predicted octanol–water partition coefficient (Wildman–Crippen LogP) is 0.394. The summed E-state index contributed by atoms with van der Waals surface area (Å²) in [5.41, 5.74) is 12.7. The smallest absolute Gasteiger partial charge is 0.348 e. The Hall–Kier alpha value is -3.62. The maximum Gasteiger partial charge on any atom is 0.348 e. The zero-order chi connectivity index (χ0) is 32.8. The van der Waals surface area contributed by atoms with E-state index in [1.54, 1.807) is 83.1 Å². The van der Waals surface area contributed by atoms with Gasteiger partial charge >= 0.3 is 23.9 Å². The maximum atomic E-state index is 13.4. The van der Waals surface area contributed by atoms with Crippen molar-refractivity contribution in [1.29, 1.82) is 0 Å². The Morgan fingerprint density at radius 3 is 0.805 bits per heavy atom. The van der Waals surface area contributed by atoms with E-state index in [-0.39, 0.29) is 0 Å². The molecule has 0 fully saturated rings. The molecule has 0 aliphatic rings. The Morgan fingerprint density at radius 2 is 0.659 bits per heavy atom. The summed E-state index contributed by atoms with van der Waals surface area (Å²) in [5, 5.41) is 0. The number of ether oxygens (including phenoxy) is 5. The normalized spacial score (nSPS) is 13.0. The second-order valence-electron chi connectivity index (χ2n) is 13.3. The van der Waals surface area contributed by atoms with Gasteiger partial charge in [0, 0.05) is 0 Å². The molecule has 0 aromatic carbocycles. The molecule has 0 aromatic rings. The van der Waals surface area contributed by atoms with Gasteiger partial charge in [0.1, 0.15) is 22.4 Å². The van der Waals surface area contributed by atoms with Crippen LogP contribution in [0, 0.1) is 0 Å². The van der Waals surface area contributed by atoms with Crippen molar-refractivity contribution < 1.29 is 42.9 Å². The molecule has 0 spiro atoms. The van der Waals surface area contributed by atoms with Gasteiger partial charge in [-0.2, -0.15) is 0 Å². The van der Waals surface area contributed by atoms with Gasteiger partial charge in [0.05, 0.1) is 13.2 Å². The third-order valence-corrected chi connectivity index (χ3v) is 4.21. The van der Waals surface area contributed by atoms with E-state index in [0.29, 0.717) is 0 Å². The van der Waals surface area contributed by atoms with E-state index in [1.165, 1.54) is 0 Å². The van der Waals surface area contributed by atoms with Crippen molar-refractivity contribution in [1.82, 2.24) is 0 Å². The third-order valence-electron chi connectivity index (χ3n) is 4.21. The van der Waals surface area contributed by atoms with E-state index in [9.17, 15) is 19.2 Å². The Kier molecular flexibility index (Phi) is 11.8. The van der Waals surface area contributed by atoms with E-state index in [1.807, 2.05) is 0 Å². The summed E-state index contributed by atoms with van der Waals surface area (Å²) in [7, 11) is 0. The van der Waals surface area contributed by atoms with Crippen LogP contribution in [0.2, 0.25) is 0 Å². The van der Waals surface area contributed by atoms with E-state index in [0.717, 1.165) is 0 Å². The summed E-state index contributed by atoms with van der Waals surface area (Å²) in [6.45, 7) is 16.7. The number of nitrogens with two attached hydrogens (primary N) is 4. The van der Waals surface area contributed by atoms with Gasteiger partial charge in [-0.3, -0.25) is 0 Å². The van der Waals surface area contributed by atoms with Gasteiger partial charge in [-0.15, -0.1) is 0 Å². The number of nitrogens with zero attached hydrogens (tertiary/aromatic N) is 2. The topological polar surface area (TPSA) is 243 Å². The van der Waals surface area contributed by atoms with E-state index in [4.69, 9.17) is 46.6 Å². The van der Waals surface area contributed by atoms with Crippen LogP contribution in [0.25, 0.3) is 0 Å². The molecule has 0 aliphatic carbocycles. The summed E-state index contributed by atoms with van der Waals surface area (Å²) in [6.07, 6.45) is 0. The minimum absolute atomic E-state index is 0.680. The lowest BCUT2D eigenvalue weighted by atomic mass is 9.98. The van der Waals surface area contributed by atoms with Crippen LogP contribution in [-0.2, 0) is 42.9 Å². The molecule has 8 N–H and O–H groups in total. The van der Waals surface area contributed by atoms with Gasteiger partial charge in [-0.05, 0) is 83.1 Å². The number of carbonyl (C=O) groups is 4. The minimum Gasteiger partial charge on any atom is -0.458 e. The number of guanidine groups is 2. The molecule has 0 atom stereocenters. The Bertz CT molecular complexity index is 896. The van der Waals surface area contributed by atoms with Crippen LogP contribution >= 0.6 is 0 Å². The molecular weight excluding hydrogens is 540 g/mol. The quantitative estimate of drug-likeness (QED) is 0.0888. The number of carbonyl (C=O) groups excluding carboxylic acids is 4. The van der Waals surface area contributed by atoms with Crippen molar-refractivity contribution in [2.45, 2.75) is 117 Å². The lowest BCUT2D eigenvalue weighted by Gasteiger charge is -2.34. The molecule has 15 heteroatoms. The number of rotatable bonds is 10. The first-order valence-corrected chi connectivity index (χ1v) is 12.8. The highest BCUT2D eigenvalue weighted by Crippen LogP contribution is 2.27. The number of hydrogen-bond acceptors (Lipinski definition) is 11. The molecule has 41 heavy (non-hydrogen) atoms. The summed E-state index contributed by atoms with van der Waals surface area (Å²) in [4.78, 5) is 61.5. The zero-order valence-corrected chi connectivity index (χ0v) is 26.3. The molecule has 236 valence electrons. The average molecular weight is 589 g/mol. The lowest BCUT2D eigenvalue weighted by Crippen LogP contribution is -2.58. The largest absolute Gasteiger partial charge is 0.458 e. The second-order valence-corrected chi connectivity index (χ2v) is 13.3. The van der Waals surface area contributed by atoms with E-state index in [2.05, 4.69) is 9.98 Å². The highest BCUT2D eigenvalue weighted by atomic mass is 16.6. The maximum absolute atomic E-state index is 13.4. The van der Waals surface area contributed by atoms with Crippen LogP contribution in [-0.4, -0.2) is 82.5 Å². The summed E-state index contributed by atoms with van der Waals surface area (Å²) in [6, 6.07) is 0. The van der Waals surface area contributed by atoms with Gasteiger partial charge in [0.25, 0.3) is 11.1 Å². The molecule has 0 heterocycles. The first kappa shape index (κ1) is 37.4. The van der Waals surface area contributed by atoms with Crippen molar-refractivity contribution in [2.75, 3.05) is 13.2 Å². The fourth-order valence-electron chi connectivity index (χ4n) is 2.89. The van der Waals surface area contributed by atoms with Crippen LogP contribution < -0.4 is 22.9 Å². The van der Waals surface area contributed by atoms with Crippen LogP contribution in [0.1, 0.15) is 83.1 Å². The molecule has 0 rings (SSSR count). The van der Waals surface area contributed by atoms with Gasteiger partial charge in [-0.25, -0.2) is 29.2 Å². The fraction of sp³-hybridized carbons (Fsp3) is 0.769. The van der Waals surface area contributed by atoms with Crippen molar-refractivity contribution in [2.24, 2.45) is 32.9 Å². The second kappa shape index (κ2) is 12.9. The van der Waals surface area contributed by atoms with Crippen molar-refractivity contribution in [3.8, 4) is 0 Å². The lowest BCUT2D eigenvalue weighted by molar-refractivity contribution is -0.183. The van der Waals surface area contributed by atoms with Gasteiger partial charge in [0.2, 0.25) is 0 Å². The van der Waals surface area contributed by atoms with Gasteiger partial charge < -0.3 is 46.6 Å². The number of esters is 4. The monoisotopic (exact) mass is 588 g/mol. The molecule has 0 saturated carbocycles. The Labute approximate surface area is 241 Å². The van der Waals surface area contributed by atoms with Crippen molar-refractivity contribution in [3.05, 3.63) is 0 Å². The third kappa shape index (κ3) is 12.6. The molecule has 0 amide bonds. The molecule has 0 aliphatic heterocycles. The fourth-order valence-corrected chi connectivity index (χ4v) is 2.89. The van der Waals surface area contributed by atoms with Gasteiger partial charge in [-0.1, -0.05) is 0 Å². The van der Waals surface area contributed by atoms with Crippen LogP contribution in [0.3, 0.4) is 0 Å². The SMILES string of the molecule is CC(C)(C)OC(=O)C(COCC(N=C(N)N)(C(=O)OC(C)(C)C)C(=O)OC(C)(C)C)(N=C(N)N)C(=O)OC(C)(C)C. The molecule has 0 radical (unpaired) electrons. The van der Waals surface area contributed by atoms with E-state index >= 15 is 0 Å². The standard InChI is InChI=1S/C26H48N6O9/c1-21(2,3)38-15(33)25(31-19(27)28,16(34)39-22(4,5)6)13-37-14-26(32-20(29)30,17(35)40-23(7,8)9)18(36)41-24(10,11)12/h13-14H2,1-12H3,(H4,27,28,31)(H4,29,30,32). The number of hydrogen-bond donors (Lipinski definition) is 4. The molecule has 0 unspecified atom stereocenters. The van der Waals surface area contributed by atoms with Gasteiger partial charge in [0.15, 0.2) is 11.9 Å². The molecular formula is C26H48N6O9. The summed E-state index contributed by atoms with van der Waals surface area (Å²) >= 11 is 0. The molecule has 15 nitrogen and oxygen atoms in total. The minimum atomic E-state index is -2.62. The van der Waals surface area contributed by atoms with Crippen LogP contribution in [0.5, 0.6) is 0 Å². The zero-order valence-electron chi connectivity index (χ0n) is 26.3. The van der Waals surface area contributed by atoms with Crippen molar-refractivity contribution in [3.63, 3.8) is 0 Å². The first-order chi connectivity index (χ1) is 18.1. The summed E-state index contributed by atoms with van der Waals surface area (Å²) in [5.74, 6) is -6.27. The molecule has 0 saturated heterocycles. The molecule has 0 bridgehead atoms. The average Bonchev–Trinajstić information content (AvgIpc) is 2.65. The van der Waals surface area contributed by atoms with Crippen molar-refractivity contribution >= 4 is 35.8 Å². The van der Waals surface area contributed by atoms with Crippen LogP contribution in [0.4, 0.5) is 0 Å². The Balaban J connectivity index is 7.04. The first-order valence-electron chi connectivity index (χ1n) is 12.8. The highest BCUT2D eigenvalue weighted by molar-refractivity contribution is 6.08. The summed E-state index contributed by atoms with van der Waals surface area (Å²) < 4.78 is 27.4. The van der Waals surface area contributed by atoms with E-state index < -0.39 is 82.5 Å². The predicted molar refractivity (Wildman–Crippen MR) is 151 cm³/mol. The molecule has 0 aromatic heterocycles.